The van der Waals surface area contributed by atoms with E-state index in [4.69, 9.17) is 9.47 Å². The van der Waals surface area contributed by atoms with Crippen molar-refractivity contribution in [2.24, 2.45) is 5.41 Å². The van der Waals surface area contributed by atoms with Crippen molar-refractivity contribution in [2.45, 2.75) is 46.1 Å². The van der Waals surface area contributed by atoms with Crippen molar-refractivity contribution in [3.63, 3.8) is 0 Å². The van der Waals surface area contributed by atoms with Gasteiger partial charge in [0.05, 0.1) is 17.3 Å². The van der Waals surface area contributed by atoms with Gasteiger partial charge in [-0.15, -0.1) is 0 Å². The highest BCUT2D eigenvalue weighted by molar-refractivity contribution is 7.14. The van der Waals surface area contributed by atoms with Crippen LogP contribution in [0.5, 0.6) is 17.2 Å². The molecule has 11 heteroatoms. The van der Waals surface area contributed by atoms with Crippen LogP contribution < -0.4 is 20.1 Å². The molecule has 2 unspecified atom stereocenters. The molecular weight excluding hydrogens is 494 g/mol. The summed E-state index contributed by atoms with van der Waals surface area (Å²) in [6, 6.07) is 10.4. The molecule has 1 fully saturated rings. The molecule has 0 bridgehead atoms. The Bertz CT molecular complexity index is 1300. The van der Waals surface area contributed by atoms with E-state index in [1.807, 2.05) is 18.2 Å². The largest absolute Gasteiger partial charge is 0.546 e. The van der Waals surface area contributed by atoms with Crippen LogP contribution in [0.25, 0.3) is 0 Å². The van der Waals surface area contributed by atoms with Crippen molar-refractivity contribution >= 4 is 34.4 Å². The summed E-state index contributed by atoms with van der Waals surface area (Å²) in [5, 5.41) is 17.4. The lowest BCUT2D eigenvalue weighted by Gasteiger charge is -2.32. The average molecular weight is 526 g/mol. The Hall–Kier alpha value is -3.57. The number of para-hydroxylation sites is 1. The van der Waals surface area contributed by atoms with Crippen LogP contribution >= 0.6 is 11.1 Å². The van der Waals surface area contributed by atoms with Gasteiger partial charge in [0.15, 0.2) is 28.4 Å². The number of fused-ring (bicyclic) bond motifs is 1. The van der Waals surface area contributed by atoms with Crippen LogP contribution in [-0.4, -0.2) is 49.1 Å². The highest BCUT2D eigenvalue weighted by Crippen LogP contribution is 2.42. The number of phenols is 1. The Labute approximate surface area is 218 Å². The van der Waals surface area contributed by atoms with E-state index in [-0.39, 0.29) is 47.0 Å². The van der Waals surface area contributed by atoms with E-state index in [9.17, 15) is 14.5 Å². The van der Waals surface area contributed by atoms with Gasteiger partial charge in [0, 0.05) is 21.8 Å². The number of amides is 1. The molecule has 196 valence electrons. The minimum Gasteiger partial charge on any atom is -0.546 e. The number of anilines is 3. The zero-order chi connectivity index (χ0) is 26.2. The Morgan fingerprint density at radius 1 is 1.08 bits per heavy atom. The molecule has 1 amide bonds. The monoisotopic (exact) mass is 525 g/mol. The second-order valence-corrected chi connectivity index (χ2v) is 11.2. The number of nitrogens with one attached hydrogen (secondary N) is 2. The van der Waals surface area contributed by atoms with Gasteiger partial charge < -0.3 is 34.7 Å². The molecule has 0 radical (unpaired) electrons. The summed E-state index contributed by atoms with van der Waals surface area (Å²) < 4.78 is 31.6. The third-order valence-electron chi connectivity index (χ3n) is 6.60. The molecule has 5 rings (SSSR count). The van der Waals surface area contributed by atoms with Gasteiger partial charge in [0.2, 0.25) is 18.4 Å². The first-order valence-corrected chi connectivity index (χ1v) is 13.4. The van der Waals surface area contributed by atoms with E-state index in [1.54, 1.807) is 23.1 Å². The van der Waals surface area contributed by atoms with Gasteiger partial charge in [-0.25, -0.2) is 0 Å². The molecule has 1 saturated heterocycles. The third-order valence-corrected chi connectivity index (χ3v) is 7.28. The molecule has 3 N–H and O–H groups in total. The number of likely N-dealkylation sites (tertiary alicyclic amines) is 1. The molecular formula is C26H31N5O5S. The maximum atomic E-state index is 13.0. The molecule has 2 atom stereocenters. The summed E-state index contributed by atoms with van der Waals surface area (Å²) in [4.78, 5) is 14.8. The van der Waals surface area contributed by atoms with Gasteiger partial charge >= 0.3 is 0 Å². The van der Waals surface area contributed by atoms with E-state index >= 15 is 0 Å². The first-order chi connectivity index (χ1) is 17.7. The van der Waals surface area contributed by atoms with E-state index in [0.29, 0.717) is 30.4 Å². The lowest BCUT2D eigenvalue weighted by Crippen LogP contribution is -2.35. The van der Waals surface area contributed by atoms with Crippen molar-refractivity contribution in [2.75, 3.05) is 30.5 Å². The predicted octanol–water partition coefficient (Wildman–Crippen LogP) is 5.21. The maximum absolute atomic E-state index is 13.0. The number of nitrogens with zero attached hydrogens (tertiary/aromatic N) is 3. The Kier molecular flexibility index (Phi) is 6.82. The molecule has 2 aromatic carbocycles. The van der Waals surface area contributed by atoms with Gasteiger partial charge in [0.25, 0.3) is 5.91 Å². The number of aromatic nitrogens is 2. The summed E-state index contributed by atoms with van der Waals surface area (Å²) in [7, 11) is 0. The number of hydrogen-bond donors (Lipinski definition) is 3. The van der Waals surface area contributed by atoms with Crippen LogP contribution in [0.2, 0.25) is 0 Å². The zero-order valence-corrected chi connectivity index (χ0v) is 21.9. The second-order valence-electron chi connectivity index (χ2n) is 10.3. The van der Waals surface area contributed by atoms with Crippen LogP contribution in [0.1, 0.15) is 62.0 Å². The minimum absolute atomic E-state index is 0.180. The van der Waals surface area contributed by atoms with Crippen molar-refractivity contribution in [1.29, 1.82) is 0 Å². The number of hydrogen-bond acceptors (Lipinski definition) is 9. The van der Waals surface area contributed by atoms with Crippen molar-refractivity contribution in [3.8, 4) is 17.2 Å². The number of benzene rings is 2. The number of piperidine rings is 1. The molecule has 2 aliphatic heterocycles. The van der Waals surface area contributed by atoms with E-state index in [1.165, 1.54) is 0 Å². The topological polar surface area (TPSA) is 132 Å². The number of ether oxygens (including phenoxy) is 2. The first kappa shape index (κ1) is 25.1. The Morgan fingerprint density at radius 2 is 1.81 bits per heavy atom. The summed E-state index contributed by atoms with van der Waals surface area (Å²) in [5.41, 5.74) is 1.17. The highest BCUT2D eigenvalue weighted by atomic mass is 32.2. The Morgan fingerprint density at radius 3 is 2.57 bits per heavy atom. The van der Waals surface area contributed by atoms with Gasteiger partial charge in [-0.1, -0.05) is 32.9 Å². The van der Waals surface area contributed by atoms with Crippen LogP contribution in [0.3, 0.4) is 0 Å². The van der Waals surface area contributed by atoms with Gasteiger partial charge in [-0.2, -0.15) is 0 Å². The van der Waals surface area contributed by atoms with E-state index in [2.05, 4.69) is 40.2 Å². The first-order valence-electron chi connectivity index (χ1n) is 12.3. The predicted molar refractivity (Wildman–Crippen MR) is 140 cm³/mol. The number of carbonyl (C=O) groups is 1. The van der Waals surface area contributed by atoms with Crippen molar-refractivity contribution in [3.05, 3.63) is 47.5 Å². The van der Waals surface area contributed by atoms with Crippen LogP contribution in [0.4, 0.5) is 17.3 Å². The average Bonchev–Trinajstić information content (AvgIpc) is 3.48. The summed E-state index contributed by atoms with van der Waals surface area (Å²) in [6.07, 6.45) is 3.01. The standard InChI is InChI=1S/C26H31N5O5S/c1-26(2,3)22(16-10-11-19-20(14-16)36-15-35-19)28-24-23(29-37(34)30-24)27-18-9-7-8-17(21(18)32)25(33)31-12-5-4-6-13-31/h7-11,14,22,32H,4-6,12-13,15H2,1-3H3,(H,27,29)(H,28,30). The number of phenolic OH excluding ortho intramolecular Hbond substituents is 1. The smallest absolute Gasteiger partial charge is 0.257 e. The minimum atomic E-state index is -1.83. The lowest BCUT2D eigenvalue weighted by molar-refractivity contribution is 0.0721. The number of rotatable bonds is 6. The van der Waals surface area contributed by atoms with Crippen LogP contribution in [0.15, 0.2) is 36.4 Å². The summed E-state index contributed by atoms with van der Waals surface area (Å²) >= 11 is -1.83. The molecule has 2 aliphatic rings. The normalized spacial score (nSPS) is 16.4. The molecule has 0 aliphatic carbocycles. The van der Waals surface area contributed by atoms with Crippen molar-refractivity contribution in [1.82, 2.24) is 13.6 Å². The second kappa shape index (κ2) is 10.1. The number of aromatic hydroxyl groups is 1. The van der Waals surface area contributed by atoms with Crippen LogP contribution in [0, 0.1) is 5.41 Å². The molecule has 0 spiro atoms. The molecule has 0 saturated carbocycles. The molecule has 3 heterocycles. The summed E-state index contributed by atoms with van der Waals surface area (Å²) in [6.45, 7) is 7.77. The van der Waals surface area contributed by atoms with Gasteiger partial charge in [-0.05, 0) is 54.5 Å². The quantitative estimate of drug-likeness (QED) is 0.293. The third kappa shape index (κ3) is 5.28. The fourth-order valence-corrected chi connectivity index (χ4v) is 5.31. The highest BCUT2D eigenvalue weighted by Gasteiger charge is 2.31. The fraction of sp³-hybridized carbons (Fsp3) is 0.423. The molecule has 10 nitrogen and oxygen atoms in total. The SMILES string of the molecule is CC(C)(C)C(Nc1n[s+]([O-])nc1Nc1cccc(C(=O)N2CCCCC2)c1O)c1ccc2c(c1)OCO2. The maximum Gasteiger partial charge on any atom is 0.257 e. The molecule has 1 aromatic heterocycles. The molecule has 37 heavy (non-hydrogen) atoms. The van der Waals surface area contributed by atoms with Crippen molar-refractivity contribution < 1.29 is 23.9 Å². The van der Waals surface area contributed by atoms with E-state index in [0.717, 1.165) is 24.8 Å². The zero-order valence-electron chi connectivity index (χ0n) is 21.1. The van der Waals surface area contributed by atoms with Gasteiger partial charge in [0.1, 0.15) is 0 Å². The lowest BCUT2D eigenvalue weighted by atomic mass is 9.82. The number of carbonyl (C=O) groups excluding carboxylic acids is 1. The van der Waals surface area contributed by atoms with E-state index < -0.39 is 11.1 Å². The van der Waals surface area contributed by atoms with Gasteiger partial charge in [-0.3, -0.25) is 4.79 Å². The fourth-order valence-electron chi connectivity index (χ4n) is 4.68. The van der Waals surface area contributed by atoms with Crippen LogP contribution in [-0.2, 0) is 0 Å². The Balaban J connectivity index is 1.42. The molecule has 3 aromatic rings. The summed E-state index contributed by atoms with van der Waals surface area (Å²) in [5.74, 6) is 1.47.